The van der Waals surface area contributed by atoms with Crippen LogP contribution in [0, 0.1) is 0 Å². The highest BCUT2D eigenvalue weighted by atomic mass is 35.5. The van der Waals surface area contributed by atoms with Crippen molar-refractivity contribution >= 4 is 41.1 Å². The number of carbonyl (C=O) groups excluding carboxylic acids is 2. The first-order chi connectivity index (χ1) is 14.4. The van der Waals surface area contributed by atoms with Crippen molar-refractivity contribution < 1.29 is 14.7 Å². The molecule has 2 N–H and O–H groups in total. The summed E-state index contributed by atoms with van der Waals surface area (Å²) >= 11 is 11.9. The van der Waals surface area contributed by atoms with Gasteiger partial charge in [-0.15, -0.1) is 0 Å². The summed E-state index contributed by atoms with van der Waals surface area (Å²) in [4.78, 5) is 28.5. The van der Waals surface area contributed by atoms with Crippen molar-refractivity contribution in [3.05, 3.63) is 39.9 Å². The van der Waals surface area contributed by atoms with Gasteiger partial charge in [-0.25, -0.2) is 0 Å². The van der Waals surface area contributed by atoms with E-state index in [1.807, 2.05) is 0 Å². The van der Waals surface area contributed by atoms with Gasteiger partial charge in [-0.1, -0.05) is 42.1 Å². The van der Waals surface area contributed by atoms with Crippen molar-refractivity contribution in [3.63, 3.8) is 0 Å². The molecule has 1 aliphatic heterocycles. The summed E-state index contributed by atoms with van der Waals surface area (Å²) in [6.45, 7) is 2.67. The number of hydrogen-bond acceptors (Lipinski definition) is 4. The molecule has 164 valence electrons. The van der Waals surface area contributed by atoms with Crippen LogP contribution in [0.3, 0.4) is 0 Å². The number of amides is 2. The lowest BCUT2D eigenvalue weighted by atomic mass is 9.93. The van der Waals surface area contributed by atoms with Crippen LogP contribution in [0.1, 0.15) is 37.7 Å². The van der Waals surface area contributed by atoms with Crippen LogP contribution in [-0.4, -0.2) is 71.6 Å². The second kappa shape index (κ2) is 11.1. The SMILES string of the molecule is O=C(C=Cc1ccc(Cl)c(Cl)c1)N1CCC(=O)N(CCN[C@@H]2CCCC[C@@H]2O)CC1. The quantitative estimate of drug-likeness (QED) is 0.649. The highest BCUT2D eigenvalue weighted by molar-refractivity contribution is 6.42. The fraction of sp³-hybridized carbons (Fsp3) is 0.545. The Morgan fingerprint density at radius 1 is 1.17 bits per heavy atom. The average Bonchev–Trinajstić information content (AvgIpc) is 2.92. The van der Waals surface area contributed by atoms with Gasteiger partial charge in [0.25, 0.3) is 0 Å². The molecule has 8 heteroatoms. The second-order valence-electron chi connectivity index (χ2n) is 7.88. The van der Waals surface area contributed by atoms with Crippen molar-refractivity contribution in [1.82, 2.24) is 15.1 Å². The van der Waals surface area contributed by atoms with E-state index in [1.54, 1.807) is 34.1 Å². The molecule has 6 nitrogen and oxygen atoms in total. The van der Waals surface area contributed by atoms with E-state index in [1.165, 1.54) is 6.08 Å². The minimum absolute atomic E-state index is 0.0600. The zero-order valence-corrected chi connectivity index (χ0v) is 18.5. The lowest BCUT2D eigenvalue weighted by Gasteiger charge is -2.29. The molecule has 2 fully saturated rings. The average molecular weight is 454 g/mol. The minimum Gasteiger partial charge on any atom is -0.392 e. The maximum absolute atomic E-state index is 12.6. The fourth-order valence-corrected chi connectivity index (χ4v) is 4.25. The highest BCUT2D eigenvalue weighted by Crippen LogP contribution is 2.23. The smallest absolute Gasteiger partial charge is 0.246 e. The van der Waals surface area contributed by atoms with Gasteiger partial charge in [0.1, 0.15) is 0 Å². The molecule has 1 saturated heterocycles. The molecule has 0 spiro atoms. The topological polar surface area (TPSA) is 72.9 Å². The zero-order valence-electron chi connectivity index (χ0n) is 17.0. The van der Waals surface area contributed by atoms with Gasteiger partial charge in [0.05, 0.1) is 16.1 Å². The molecule has 30 heavy (non-hydrogen) atoms. The van der Waals surface area contributed by atoms with E-state index >= 15 is 0 Å². The number of aliphatic hydroxyl groups excluding tert-OH is 1. The van der Waals surface area contributed by atoms with Gasteiger partial charge in [0.15, 0.2) is 0 Å². The molecule has 1 aromatic carbocycles. The van der Waals surface area contributed by atoms with Crippen molar-refractivity contribution in [2.45, 2.75) is 44.2 Å². The van der Waals surface area contributed by atoms with Crippen LogP contribution < -0.4 is 5.32 Å². The van der Waals surface area contributed by atoms with Crippen molar-refractivity contribution in [2.24, 2.45) is 0 Å². The van der Waals surface area contributed by atoms with E-state index in [0.717, 1.165) is 31.2 Å². The van der Waals surface area contributed by atoms with Gasteiger partial charge < -0.3 is 20.2 Å². The first-order valence-electron chi connectivity index (χ1n) is 10.6. The van der Waals surface area contributed by atoms with Crippen LogP contribution in [-0.2, 0) is 9.59 Å². The monoisotopic (exact) mass is 453 g/mol. The van der Waals surface area contributed by atoms with Gasteiger partial charge >= 0.3 is 0 Å². The van der Waals surface area contributed by atoms with Crippen molar-refractivity contribution in [2.75, 3.05) is 32.7 Å². The molecule has 3 rings (SSSR count). The van der Waals surface area contributed by atoms with Crippen LogP contribution >= 0.6 is 23.2 Å². The highest BCUT2D eigenvalue weighted by Gasteiger charge is 2.25. The zero-order chi connectivity index (χ0) is 21.5. The Bertz CT molecular complexity index is 787. The molecule has 2 atom stereocenters. The lowest BCUT2D eigenvalue weighted by Crippen LogP contribution is -2.46. The molecule has 0 unspecified atom stereocenters. The predicted octanol–water partition coefficient (Wildman–Crippen LogP) is 2.96. The summed E-state index contributed by atoms with van der Waals surface area (Å²) in [6.07, 6.45) is 7.25. The molecule has 1 aliphatic carbocycles. The van der Waals surface area contributed by atoms with Crippen LogP contribution in [0.25, 0.3) is 6.08 Å². The first-order valence-corrected chi connectivity index (χ1v) is 11.3. The molecule has 2 aliphatic rings. The fourth-order valence-electron chi connectivity index (χ4n) is 3.95. The Labute approximate surface area is 187 Å². The first kappa shape index (κ1) is 23.1. The molecule has 2 amide bonds. The number of nitrogens with zero attached hydrogens (tertiary/aromatic N) is 2. The van der Waals surface area contributed by atoms with Gasteiger partial charge in [-0.2, -0.15) is 0 Å². The van der Waals surface area contributed by atoms with E-state index in [9.17, 15) is 14.7 Å². The van der Waals surface area contributed by atoms with E-state index in [4.69, 9.17) is 23.2 Å². The number of rotatable bonds is 6. The normalized spacial score (nSPS) is 23.1. The van der Waals surface area contributed by atoms with Crippen LogP contribution in [0.5, 0.6) is 0 Å². The molecule has 1 heterocycles. The molecular formula is C22H29Cl2N3O3. The molecule has 1 saturated carbocycles. The van der Waals surface area contributed by atoms with Gasteiger partial charge in [0, 0.05) is 51.3 Å². The summed E-state index contributed by atoms with van der Waals surface area (Å²) in [5, 5.41) is 14.3. The predicted molar refractivity (Wildman–Crippen MR) is 120 cm³/mol. The number of carbonyl (C=O) groups is 2. The Kier molecular flexibility index (Phi) is 8.57. The van der Waals surface area contributed by atoms with Gasteiger partial charge in [-0.3, -0.25) is 9.59 Å². The molecule has 1 aromatic rings. The Morgan fingerprint density at radius 2 is 1.97 bits per heavy atom. The minimum atomic E-state index is -0.297. The summed E-state index contributed by atoms with van der Waals surface area (Å²) in [5.74, 6) is -0.0658. The Hall–Kier alpha value is -1.60. The maximum atomic E-state index is 12.6. The van der Waals surface area contributed by atoms with E-state index < -0.39 is 0 Å². The van der Waals surface area contributed by atoms with Crippen LogP contribution in [0.2, 0.25) is 10.0 Å². The maximum Gasteiger partial charge on any atom is 0.246 e. The van der Waals surface area contributed by atoms with Gasteiger partial charge in [-0.05, 0) is 36.6 Å². The third-order valence-corrected chi connectivity index (χ3v) is 6.52. The van der Waals surface area contributed by atoms with E-state index in [0.29, 0.717) is 49.2 Å². The Morgan fingerprint density at radius 3 is 2.73 bits per heavy atom. The number of aliphatic hydroxyl groups is 1. The summed E-state index contributed by atoms with van der Waals surface area (Å²) < 4.78 is 0. The van der Waals surface area contributed by atoms with Crippen molar-refractivity contribution in [3.8, 4) is 0 Å². The molecule has 0 aromatic heterocycles. The number of hydrogen-bond donors (Lipinski definition) is 2. The van der Waals surface area contributed by atoms with Crippen LogP contribution in [0.4, 0.5) is 0 Å². The van der Waals surface area contributed by atoms with Gasteiger partial charge in [0.2, 0.25) is 11.8 Å². The number of benzene rings is 1. The molecule has 0 bridgehead atoms. The summed E-state index contributed by atoms with van der Waals surface area (Å²) in [5.41, 5.74) is 0.793. The summed E-state index contributed by atoms with van der Waals surface area (Å²) in [6, 6.07) is 5.31. The third-order valence-electron chi connectivity index (χ3n) is 5.78. The standard InChI is InChI=1S/C22H29Cl2N3O3/c23-17-7-5-16(15-18(17)24)6-8-21(29)26-11-9-22(30)27(14-13-26)12-10-25-19-3-1-2-4-20(19)28/h5-8,15,19-20,25,28H,1-4,9-14H2/t19-,20+/m1/s1. The Balaban J connectivity index is 1.47. The lowest BCUT2D eigenvalue weighted by molar-refractivity contribution is -0.130. The molecule has 0 radical (unpaired) electrons. The largest absolute Gasteiger partial charge is 0.392 e. The number of nitrogens with one attached hydrogen (secondary N) is 1. The number of halogens is 2. The second-order valence-corrected chi connectivity index (χ2v) is 8.69. The van der Waals surface area contributed by atoms with Crippen LogP contribution in [0.15, 0.2) is 24.3 Å². The van der Waals surface area contributed by atoms with E-state index in [2.05, 4.69) is 5.32 Å². The van der Waals surface area contributed by atoms with E-state index in [-0.39, 0.29) is 24.0 Å². The molecular weight excluding hydrogens is 425 g/mol. The van der Waals surface area contributed by atoms with Crippen molar-refractivity contribution in [1.29, 1.82) is 0 Å². The summed E-state index contributed by atoms with van der Waals surface area (Å²) in [7, 11) is 0. The third kappa shape index (κ3) is 6.45.